The highest BCUT2D eigenvalue weighted by atomic mass is 32.1. The van der Waals surface area contributed by atoms with Crippen LogP contribution in [0.5, 0.6) is 5.75 Å². The first-order chi connectivity index (χ1) is 11.1. The summed E-state index contributed by atoms with van der Waals surface area (Å²) in [5, 5.41) is 5.84. The topological polar surface area (TPSA) is 54.5 Å². The van der Waals surface area contributed by atoms with Gasteiger partial charge >= 0.3 is 0 Å². The molecule has 0 fully saturated rings. The quantitative estimate of drug-likeness (QED) is 0.805. The van der Waals surface area contributed by atoms with Crippen molar-refractivity contribution < 1.29 is 9.53 Å². The molecule has 1 heterocycles. The molecule has 0 aliphatic carbocycles. The monoisotopic (exact) mass is 333 g/mol. The highest BCUT2D eigenvalue weighted by Crippen LogP contribution is 2.16. The van der Waals surface area contributed by atoms with Gasteiger partial charge in [0, 0.05) is 25.5 Å². The Kier molecular flexibility index (Phi) is 6.55. The van der Waals surface area contributed by atoms with Gasteiger partial charge in [0.1, 0.15) is 17.4 Å². The summed E-state index contributed by atoms with van der Waals surface area (Å²) in [7, 11) is 3.69. The van der Waals surface area contributed by atoms with E-state index in [1.54, 1.807) is 4.90 Å². The number of carbonyl (C=O) groups is 1. The van der Waals surface area contributed by atoms with Crippen LogP contribution < -0.4 is 10.1 Å². The second-order valence-corrected chi connectivity index (χ2v) is 6.37. The van der Waals surface area contributed by atoms with Crippen molar-refractivity contribution in [3.8, 4) is 5.75 Å². The van der Waals surface area contributed by atoms with Gasteiger partial charge in [0.2, 0.25) is 5.91 Å². The molecule has 23 heavy (non-hydrogen) atoms. The van der Waals surface area contributed by atoms with Crippen LogP contribution in [0.4, 0.5) is 0 Å². The SMILES string of the molecule is CNCCN(C)C(=O)Cc1csc(COc2ccc(C)cc2)n1. The predicted molar refractivity (Wildman–Crippen MR) is 92.9 cm³/mol. The number of likely N-dealkylation sites (N-methyl/N-ethyl adjacent to an activating group) is 2. The first kappa shape index (κ1) is 17.4. The van der Waals surface area contributed by atoms with Crippen LogP contribution in [0, 0.1) is 6.92 Å². The normalized spacial score (nSPS) is 10.6. The number of thiazole rings is 1. The second kappa shape index (κ2) is 8.64. The van der Waals surface area contributed by atoms with Gasteiger partial charge in [-0.2, -0.15) is 0 Å². The zero-order valence-corrected chi connectivity index (χ0v) is 14.7. The number of aryl methyl sites for hydroxylation is 1. The van der Waals surface area contributed by atoms with E-state index < -0.39 is 0 Å². The molecule has 0 saturated carbocycles. The average molecular weight is 333 g/mol. The molecule has 0 atom stereocenters. The lowest BCUT2D eigenvalue weighted by molar-refractivity contribution is -0.129. The van der Waals surface area contributed by atoms with Crippen LogP contribution in [0.25, 0.3) is 0 Å². The number of nitrogens with zero attached hydrogens (tertiary/aromatic N) is 2. The predicted octanol–water partition coefficient (Wildman–Crippen LogP) is 2.25. The molecule has 0 aliphatic rings. The van der Waals surface area contributed by atoms with Gasteiger partial charge in [-0.25, -0.2) is 4.98 Å². The summed E-state index contributed by atoms with van der Waals surface area (Å²) in [6.07, 6.45) is 0.335. The van der Waals surface area contributed by atoms with E-state index in [-0.39, 0.29) is 5.91 Å². The van der Waals surface area contributed by atoms with Crippen molar-refractivity contribution in [2.45, 2.75) is 20.0 Å². The highest BCUT2D eigenvalue weighted by Gasteiger charge is 2.12. The number of hydrogen-bond donors (Lipinski definition) is 1. The van der Waals surface area contributed by atoms with Gasteiger partial charge in [-0.05, 0) is 26.1 Å². The standard InChI is InChI=1S/C17H23N3O2S/c1-13-4-6-15(7-5-13)22-11-16-19-14(12-23-16)10-17(21)20(3)9-8-18-2/h4-7,12,18H,8-11H2,1-3H3. The van der Waals surface area contributed by atoms with E-state index in [0.29, 0.717) is 19.6 Å². The number of benzene rings is 1. The number of rotatable bonds is 8. The summed E-state index contributed by atoms with van der Waals surface area (Å²) in [6, 6.07) is 7.93. The molecule has 0 aliphatic heterocycles. The number of ether oxygens (including phenoxy) is 1. The summed E-state index contributed by atoms with van der Waals surface area (Å²) in [4.78, 5) is 18.3. The number of nitrogens with one attached hydrogen (secondary N) is 1. The first-order valence-corrected chi connectivity index (χ1v) is 8.47. The maximum absolute atomic E-state index is 12.1. The van der Waals surface area contributed by atoms with Gasteiger partial charge in [0.25, 0.3) is 0 Å². The third kappa shape index (κ3) is 5.65. The molecular formula is C17H23N3O2S. The molecular weight excluding hydrogens is 310 g/mol. The second-order valence-electron chi connectivity index (χ2n) is 5.43. The van der Waals surface area contributed by atoms with Gasteiger partial charge in [0.15, 0.2) is 0 Å². The van der Waals surface area contributed by atoms with Crippen molar-refractivity contribution in [2.24, 2.45) is 0 Å². The van der Waals surface area contributed by atoms with Crippen molar-refractivity contribution in [3.63, 3.8) is 0 Å². The maximum Gasteiger partial charge on any atom is 0.228 e. The molecule has 6 heteroatoms. The lowest BCUT2D eigenvalue weighted by atomic mass is 10.2. The lowest BCUT2D eigenvalue weighted by Crippen LogP contribution is -2.33. The van der Waals surface area contributed by atoms with Crippen molar-refractivity contribution in [1.29, 1.82) is 0 Å². The highest BCUT2D eigenvalue weighted by molar-refractivity contribution is 7.09. The van der Waals surface area contributed by atoms with Crippen LogP contribution in [0.3, 0.4) is 0 Å². The molecule has 124 valence electrons. The first-order valence-electron chi connectivity index (χ1n) is 7.60. The minimum absolute atomic E-state index is 0.0801. The Morgan fingerprint density at radius 2 is 2.09 bits per heavy atom. The van der Waals surface area contributed by atoms with Gasteiger partial charge in [0.05, 0.1) is 12.1 Å². The van der Waals surface area contributed by atoms with E-state index in [1.807, 2.05) is 50.7 Å². The summed E-state index contributed by atoms with van der Waals surface area (Å²) in [6.45, 7) is 3.96. The summed E-state index contributed by atoms with van der Waals surface area (Å²) < 4.78 is 5.71. The van der Waals surface area contributed by atoms with E-state index in [4.69, 9.17) is 4.74 Å². The van der Waals surface area contributed by atoms with Crippen LogP contribution in [0.15, 0.2) is 29.6 Å². The Balaban J connectivity index is 1.83. The van der Waals surface area contributed by atoms with Gasteiger partial charge in [-0.3, -0.25) is 4.79 Å². The summed E-state index contributed by atoms with van der Waals surface area (Å²) in [5.74, 6) is 0.909. The fourth-order valence-electron chi connectivity index (χ4n) is 1.97. The van der Waals surface area contributed by atoms with Gasteiger partial charge in [-0.1, -0.05) is 17.7 Å². The zero-order chi connectivity index (χ0) is 16.7. The maximum atomic E-state index is 12.1. The number of aromatic nitrogens is 1. The van der Waals surface area contributed by atoms with E-state index in [2.05, 4.69) is 10.3 Å². The van der Waals surface area contributed by atoms with Crippen molar-refractivity contribution in [1.82, 2.24) is 15.2 Å². The Morgan fingerprint density at radius 1 is 1.35 bits per heavy atom. The Labute approximate surface area is 141 Å². The molecule has 0 bridgehead atoms. The van der Waals surface area contributed by atoms with E-state index in [0.717, 1.165) is 23.0 Å². The van der Waals surface area contributed by atoms with Gasteiger partial charge < -0.3 is 15.0 Å². The smallest absolute Gasteiger partial charge is 0.228 e. The number of hydrogen-bond acceptors (Lipinski definition) is 5. The molecule has 1 aromatic carbocycles. The molecule has 5 nitrogen and oxygen atoms in total. The van der Waals surface area contributed by atoms with E-state index in [1.165, 1.54) is 16.9 Å². The van der Waals surface area contributed by atoms with E-state index >= 15 is 0 Å². The molecule has 1 N–H and O–H groups in total. The van der Waals surface area contributed by atoms with Crippen LogP contribution in [-0.4, -0.2) is 43.0 Å². The molecule has 0 unspecified atom stereocenters. The van der Waals surface area contributed by atoms with Gasteiger partial charge in [-0.15, -0.1) is 11.3 Å². The molecule has 1 aromatic heterocycles. The zero-order valence-electron chi connectivity index (χ0n) is 13.8. The van der Waals surface area contributed by atoms with Crippen LogP contribution in [0.2, 0.25) is 0 Å². The number of amides is 1. The largest absolute Gasteiger partial charge is 0.486 e. The summed E-state index contributed by atoms with van der Waals surface area (Å²) in [5.41, 5.74) is 2.01. The van der Waals surface area contributed by atoms with Crippen LogP contribution in [-0.2, 0) is 17.8 Å². The van der Waals surface area contributed by atoms with Crippen LogP contribution in [0.1, 0.15) is 16.3 Å². The third-order valence-corrected chi connectivity index (χ3v) is 4.31. The van der Waals surface area contributed by atoms with Crippen molar-refractivity contribution >= 4 is 17.2 Å². The Morgan fingerprint density at radius 3 is 2.78 bits per heavy atom. The third-order valence-electron chi connectivity index (χ3n) is 3.44. The van der Waals surface area contributed by atoms with Crippen molar-refractivity contribution in [3.05, 3.63) is 45.9 Å². The molecule has 2 rings (SSSR count). The molecule has 2 aromatic rings. The summed E-state index contributed by atoms with van der Waals surface area (Å²) >= 11 is 1.52. The fourth-order valence-corrected chi connectivity index (χ4v) is 2.68. The average Bonchev–Trinajstić information content (AvgIpc) is 2.99. The fraction of sp³-hybridized carbons (Fsp3) is 0.412. The molecule has 0 spiro atoms. The van der Waals surface area contributed by atoms with Crippen LogP contribution >= 0.6 is 11.3 Å². The molecule has 1 amide bonds. The molecule has 0 radical (unpaired) electrons. The lowest BCUT2D eigenvalue weighted by Gasteiger charge is -2.16. The number of carbonyl (C=O) groups excluding carboxylic acids is 1. The van der Waals surface area contributed by atoms with E-state index in [9.17, 15) is 4.79 Å². The Hall–Kier alpha value is -1.92. The minimum atomic E-state index is 0.0801. The minimum Gasteiger partial charge on any atom is -0.486 e. The van der Waals surface area contributed by atoms with Crippen molar-refractivity contribution in [2.75, 3.05) is 27.2 Å². The Bertz CT molecular complexity index is 625. The molecule has 0 saturated heterocycles.